The molecule has 10 nitrogen and oxygen atoms in total. The van der Waals surface area contributed by atoms with Gasteiger partial charge in [0.25, 0.3) is 21.6 Å². The van der Waals surface area contributed by atoms with Gasteiger partial charge in [0.2, 0.25) is 0 Å². The molecule has 45 heavy (non-hydrogen) atoms. The van der Waals surface area contributed by atoms with Crippen LogP contribution < -0.4 is 10.0 Å². The molecule has 1 aliphatic carbocycles. The first-order valence-electron chi connectivity index (χ1n) is 14.6. The zero-order valence-electron chi connectivity index (χ0n) is 24.3. The highest BCUT2D eigenvalue weighted by atomic mass is 32.2. The van der Waals surface area contributed by atoms with Crippen LogP contribution in [0.4, 0.5) is 11.4 Å². The number of aromatic nitrogens is 2. The van der Waals surface area contributed by atoms with Crippen molar-refractivity contribution in [2.75, 3.05) is 17.6 Å². The minimum atomic E-state index is -4.38. The van der Waals surface area contributed by atoms with Gasteiger partial charge in [0.1, 0.15) is 5.69 Å². The van der Waals surface area contributed by atoms with E-state index in [9.17, 15) is 23.3 Å². The van der Waals surface area contributed by atoms with E-state index in [1.807, 2.05) is 53.5 Å². The first kappa shape index (κ1) is 30.4. The summed E-state index contributed by atoms with van der Waals surface area (Å²) in [5, 5.41) is 14.8. The van der Waals surface area contributed by atoms with E-state index in [1.54, 1.807) is 36.0 Å². The van der Waals surface area contributed by atoms with E-state index in [0.29, 0.717) is 18.3 Å². The second-order valence-corrected chi connectivity index (χ2v) is 13.7. The number of carbonyl (C=O) groups is 1. The number of anilines is 1. The Morgan fingerprint density at radius 1 is 0.956 bits per heavy atom. The van der Waals surface area contributed by atoms with Crippen molar-refractivity contribution in [2.24, 2.45) is 0 Å². The van der Waals surface area contributed by atoms with Crippen molar-refractivity contribution in [3.05, 3.63) is 113 Å². The number of imidazole rings is 1. The van der Waals surface area contributed by atoms with Crippen molar-refractivity contribution in [3.8, 4) is 11.1 Å². The number of nitrogens with one attached hydrogen (secondary N) is 2. The maximum absolute atomic E-state index is 13.0. The Balaban J connectivity index is 1.11. The van der Waals surface area contributed by atoms with Crippen molar-refractivity contribution in [3.63, 3.8) is 0 Å². The van der Waals surface area contributed by atoms with Crippen LogP contribution >= 0.6 is 11.8 Å². The summed E-state index contributed by atoms with van der Waals surface area (Å²) < 4.78 is 30.4. The van der Waals surface area contributed by atoms with Gasteiger partial charge < -0.3 is 9.88 Å². The van der Waals surface area contributed by atoms with Crippen LogP contribution in [0, 0.1) is 10.1 Å². The van der Waals surface area contributed by atoms with Crippen molar-refractivity contribution in [1.82, 2.24) is 14.3 Å². The Kier molecular flexibility index (Phi) is 8.85. The van der Waals surface area contributed by atoms with E-state index in [1.165, 1.54) is 37.8 Å². The summed E-state index contributed by atoms with van der Waals surface area (Å²) in [6.45, 7) is 0.427. The number of amides is 1. The summed E-state index contributed by atoms with van der Waals surface area (Å²) in [6.07, 6.45) is 6.72. The third kappa shape index (κ3) is 6.86. The Labute approximate surface area is 265 Å². The number of thioether (sulfide) groups is 1. The van der Waals surface area contributed by atoms with Gasteiger partial charge in [-0.15, -0.1) is 11.8 Å². The fraction of sp³-hybridized carbons (Fsp3) is 0.212. The lowest BCUT2D eigenvalue weighted by atomic mass is 10.0. The van der Waals surface area contributed by atoms with Gasteiger partial charge in [-0.3, -0.25) is 14.9 Å². The number of carbonyl (C=O) groups excluding carboxylic acids is 1. The van der Waals surface area contributed by atoms with Crippen molar-refractivity contribution < 1.29 is 18.1 Å². The monoisotopic (exact) mass is 641 g/mol. The lowest BCUT2D eigenvalue weighted by molar-refractivity contribution is -0.384. The van der Waals surface area contributed by atoms with Crippen LogP contribution in [0.2, 0.25) is 0 Å². The highest BCUT2D eigenvalue weighted by Crippen LogP contribution is 2.33. The normalized spacial score (nSPS) is 13.6. The maximum Gasteiger partial charge on any atom is 0.293 e. The van der Waals surface area contributed by atoms with Gasteiger partial charge in [0.05, 0.1) is 27.2 Å². The van der Waals surface area contributed by atoms with Crippen LogP contribution in [-0.4, -0.2) is 41.1 Å². The van der Waals surface area contributed by atoms with Gasteiger partial charge >= 0.3 is 0 Å². The summed E-state index contributed by atoms with van der Waals surface area (Å²) in [4.78, 5) is 29.3. The predicted octanol–water partition coefficient (Wildman–Crippen LogP) is 7.05. The molecule has 1 saturated carbocycles. The zero-order valence-corrected chi connectivity index (χ0v) is 25.9. The average molecular weight is 642 g/mol. The highest BCUT2D eigenvalue weighted by Gasteiger charge is 2.24. The van der Waals surface area contributed by atoms with Crippen LogP contribution in [0.1, 0.15) is 42.1 Å². The number of sulfonamides is 1. The number of nitro benzene ring substituents is 1. The molecule has 5 aromatic rings. The Bertz CT molecular complexity index is 1960. The lowest BCUT2D eigenvalue weighted by Crippen LogP contribution is -2.30. The number of benzene rings is 4. The van der Waals surface area contributed by atoms with Gasteiger partial charge in [-0.25, -0.2) is 18.1 Å². The van der Waals surface area contributed by atoms with Gasteiger partial charge in [-0.2, -0.15) is 0 Å². The van der Waals surface area contributed by atoms with Crippen LogP contribution in [0.15, 0.2) is 107 Å². The maximum atomic E-state index is 13.0. The molecule has 1 fully saturated rings. The molecule has 1 aromatic heterocycles. The molecule has 1 heterocycles. The highest BCUT2D eigenvalue weighted by molar-refractivity contribution is 7.99. The molecular formula is C33H31N5O5S2. The van der Waals surface area contributed by atoms with Crippen molar-refractivity contribution in [2.45, 2.75) is 41.5 Å². The topological polar surface area (TPSA) is 136 Å². The SMILES string of the molecule is O=C(NS(=O)(=O)c1ccc(NCCSc2ccccc2)c([N+](=O)[O-])c1)c1ccc(-c2ccc3c(c2)ncn3C2CCCC2)cc1. The molecule has 1 aliphatic rings. The van der Waals surface area contributed by atoms with Crippen LogP contribution in [0.5, 0.6) is 0 Å². The molecule has 2 N–H and O–H groups in total. The molecule has 0 atom stereocenters. The number of rotatable bonds is 11. The fourth-order valence-corrected chi connectivity index (χ4v) is 7.37. The molecule has 0 spiro atoms. The van der Waals surface area contributed by atoms with E-state index < -0.39 is 26.5 Å². The molecule has 12 heteroatoms. The molecule has 230 valence electrons. The second-order valence-electron chi connectivity index (χ2n) is 10.8. The quantitative estimate of drug-likeness (QED) is 0.0678. The molecule has 0 aliphatic heterocycles. The molecule has 4 aromatic carbocycles. The summed E-state index contributed by atoms with van der Waals surface area (Å²) in [5.41, 5.74) is 3.71. The number of hydrogen-bond donors (Lipinski definition) is 2. The van der Waals surface area contributed by atoms with Gasteiger partial charge in [0, 0.05) is 34.9 Å². The number of hydrogen-bond acceptors (Lipinski definition) is 8. The smallest absolute Gasteiger partial charge is 0.293 e. The van der Waals surface area contributed by atoms with Crippen LogP contribution in [0.25, 0.3) is 22.2 Å². The number of nitrogens with zero attached hydrogens (tertiary/aromatic N) is 3. The first-order valence-corrected chi connectivity index (χ1v) is 17.1. The number of fused-ring (bicyclic) bond motifs is 1. The molecule has 0 saturated heterocycles. The van der Waals surface area contributed by atoms with Gasteiger partial charge in [-0.1, -0.05) is 49.2 Å². The number of nitro groups is 1. The Morgan fingerprint density at radius 2 is 1.69 bits per heavy atom. The largest absolute Gasteiger partial charge is 0.379 e. The van der Waals surface area contributed by atoms with E-state index in [2.05, 4.69) is 20.9 Å². The standard InChI is InChI=1S/C33H31N5O5S2/c39-33(24-12-10-23(11-13-24)25-14-17-31-30(20-25)35-22-37(31)26-6-4-5-7-26)36-45(42,43)28-15-16-29(32(21-28)38(40)41)34-18-19-44-27-8-2-1-3-9-27/h1-3,8-17,20-22,26,34H,4-7,18-19H2,(H,36,39). The van der Waals surface area contributed by atoms with E-state index >= 15 is 0 Å². The van der Waals surface area contributed by atoms with Gasteiger partial charge in [-0.05, 0) is 72.5 Å². The molecule has 0 bridgehead atoms. The Hall–Kier alpha value is -4.68. The average Bonchev–Trinajstić information content (AvgIpc) is 3.73. The van der Waals surface area contributed by atoms with Crippen LogP contribution in [-0.2, 0) is 10.0 Å². The third-order valence-corrected chi connectivity index (χ3v) is 10.2. The molecule has 0 radical (unpaired) electrons. The lowest BCUT2D eigenvalue weighted by Gasteiger charge is -2.12. The van der Waals surface area contributed by atoms with Crippen LogP contribution in [0.3, 0.4) is 0 Å². The summed E-state index contributed by atoms with van der Waals surface area (Å²) in [5.74, 6) is -0.190. The minimum absolute atomic E-state index is 0.137. The minimum Gasteiger partial charge on any atom is -0.379 e. The predicted molar refractivity (Wildman–Crippen MR) is 176 cm³/mol. The molecule has 1 amide bonds. The van der Waals surface area contributed by atoms with E-state index in [0.717, 1.165) is 33.1 Å². The second kappa shape index (κ2) is 13.1. The fourth-order valence-electron chi connectivity index (χ4n) is 5.59. The summed E-state index contributed by atoms with van der Waals surface area (Å²) >= 11 is 1.59. The van der Waals surface area contributed by atoms with Gasteiger partial charge in [0.15, 0.2) is 0 Å². The first-order chi connectivity index (χ1) is 21.8. The van der Waals surface area contributed by atoms with Crippen molar-refractivity contribution in [1.29, 1.82) is 0 Å². The molecule has 0 unspecified atom stereocenters. The summed E-state index contributed by atoms with van der Waals surface area (Å²) in [7, 11) is -4.38. The molecular weight excluding hydrogens is 611 g/mol. The van der Waals surface area contributed by atoms with E-state index in [-0.39, 0.29) is 16.1 Å². The third-order valence-electron chi connectivity index (χ3n) is 7.91. The zero-order chi connectivity index (χ0) is 31.4. The Morgan fingerprint density at radius 3 is 2.42 bits per heavy atom. The summed E-state index contributed by atoms with van der Waals surface area (Å²) in [6, 6.07) is 26.4. The van der Waals surface area contributed by atoms with Crippen molar-refractivity contribution >= 4 is 50.1 Å². The van der Waals surface area contributed by atoms with E-state index in [4.69, 9.17) is 0 Å². The molecule has 6 rings (SSSR count).